The van der Waals surface area contributed by atoms with Gasteiger partial charge in [0.1, 0.15) is 10.8 Å². The summed E-state index contributed by atoms with van der Waals surface area (Å²) >= 11 is 6.53. The van der Waals surface area contributed by atoms with E-state index in [0.29, 0.717) is 52.2 Å². The smallest absolute Gasteiger partial charge is 0.341 e. The number of hydrogen-bond acceptors (Lipinski definition) is 5. The highest BCUT2D eigenvalue weighted by molar-refractivity contribution is 7.80. The summed E-state index contributed by atoms with van der Waals surface area (Å²) in [6.45, 7) is 7.23. The molecule has 0 aliphatic rings. The van der Waals surface area contributed by atoms with Gasteiger partial charge in [-0.05, 0) is 62.7 Å². The number of methoxy groups -OCH3 is 1. The average Bonchev–Trinajstić information content (AvgIpc) is 3.05. The van der Waals surface area contributed by atoms with Crippen molar-refractivity contribution in [2.75, 3.05) is 32.1 Å². The van der Waals surface area contributed by atoms with Crippen molar-refractivity contribution in [3.63, 3.8) is 0 Å². The molecule has 2 aromatic rings. The molecule has 2 N–H and O–H groups in total. The number of hydrogen-bond donors (Lipinski definition) is 2. The zero-order valence-corrected chi connectivity index (χ0v) is 19.1. The average molecular weight is 452 g/mol. The molecule has 0 atom stereocenters. The number of amides is 1. The summed E-state index contributed by atoms with van der Waals surface area (Å²) in [5, 5.41) is 6.88. The van der Waals surface area contributed by atoms with E-state index in [4.69, 9.17) is 17.0 Å². The number of carbonyl (C=O) groups is 2. The van der Waals surface area contributed by atoms with Gasteiger partial charge in [-0.2, -0.15) is 0 Å². The molecule has 30 heavy (non-hydrogen) atoms. The zero-order valence-electron chi connectivity index (χ0n) is 17.5. The number of halogens is 1. The third-order valence-corrected chi connectivity index (χ3v) is 6.06. The lowest BCUT2D eigenvalue weighted by Gasteiger charge is -2.17. The van der Waals surface area contributed by atoms with Crippen molar-refractivity contribution in [1.82, 2.24) is 10.2 Å². The molecule has 2 rings (SSSR count). The van der Waals surface area contributed by atoms with Crippen LogP contribution in [0.25, 0.3) is 0 Å². The second-order valence-corrected chi connectivity index (χ2v) is 7.92. The molecule has 0 saturated carbocycles. The minimum Gasteiger partial charge on any atom is -0.465 e. The van der Waals surface area contributed by atoms with Crippen LogP contribution in [0.5, 0.6) is 0 Å². The van der Waals surface area contributed by atoms with E-state index in [9.17, 15) is 14.0 Å². The fourth-order valence-electron chi connectivity index (χ4n) is 2.93. The maximum Gasteiger partial charge on any atom is 0.341 e. The summed E-state index contributed by atoms with van der Waals surface area (Å²) in [4.78, 5) is 27.3. The van der Waals surface area contributed by atoms with Gasteiger partial charge < -0.3 is 20.3 Å². The molecule has 0 fully saturated rings. The third-order valence-electron chi connectivity index (χ3n) is 4.62. The summed E-state index contributed by atoms with van der Waals surface area (Å²) in [6, 6.07) is 6.27. The first-order valence-electron chi connectivity index (χ1n) is 9.62. The number of ether oxygens (including phenoxy) is 1. The number of nitrogens with zero attached hydrogens (tertiary/aromatic N) is 1. The minimum absolute atomic E-state index is 0.129. The Labute approximate surface area is 185 Å². The number of esters is 1. The molecule has 9 heteroatoms. The largest absolute Gasteiger partial charge is 0.465 e. The quantitative estimate of drug-likeness (QED) is 0.467. The van der Waals surface area contributed by atoms with Gasteiger partial charge in [-0.25, -0.2) is 9.18 Å². The third kappa shape index (κ3) is 5.76. The minimum atomic E-state index is -0.529. The molecule has 0 saturated heterocycles. The van der Waals surface area contributed by atoms with Crippen LogP contribution in [0, 0.1) is 12.7 Å². The summed E-state index contributed by atoms with van der Waals surface area (Å²) in [5.41, 5.74) is 1.85. The summed E-state index contributed by atoms with van der Waals surface area (Å²) in [7, 11) is 1.30. The number of carbonyl (C=O) groups excluding carboxylic acids is 2. The molecule has 1 amide bonds. The van der Waals surface area contributed by atoms with E-state index in [1.54, 1.807) is 24.0 Å². The molecule has 1 heterocycles. The Morgan fingerprint density at radius 1 is 1.20 bits per heavy atom. The van der Waals surface area contributed by atoms with Crippen LogP contribution in [0.1, 0.15) is 45.0 Å². The number of anilines is 1. The molecule has 162 valence electrons. The van der Waals surface area contributed by atoms with E-state index in [2.05, 4.69) is 10.6 Å². The number of benzene rings is 1. The van der Waals surface area contributed by atoms with Crippen molar-refractivity contribution in [1.29, 1.82) is 0 Å². The topological polar surface area (TPSA) is 70.7 Å². The van der Waals surface area contributed by atoms with Crippen LogP contribution in [0.15, 0.2) is 24.3 Å². The van der Waals surface area contributed by atoms with Gasteiger partial charge >= 0.3 is 5.97 Å². The first-order chi connectivity index (χ1) is 14.3. The SMILES string of the molecule is CCN(CC)C(=O)c1sc(NC(=S)NCCc2ccc(F)cc2)c(C(=O)OC)c1C. The number of thiophene rings is 1. The fourth-order valence-corrected chi connectivity index (χ4v) is 4.36. The summed E-state index contributed by atoms with van der Waals surface area (Å²) < 4.78 is 17.9. The van der Waals surface area contributed by atoms with Crippen molar-refractivity contribution in [2.24, 2.45) is 0 Å². The van der Waals surface area contributed by atoms with Gasteiger partial charge in [-0.1, -0.05) is 12.1 Å². The second kappa shape index (κ2) is 11.0. The summed E-state index contributed by atoms with van der Waals surface area (Å²) in [6.07, 6.45) is 0.654. The van der Waals surface area contributed by atoms with Gasteiger partial charge in [-0.3, -0.25) is 4.79 Å². The summed E-state index contributed by atoms with van der Waals surface area (Å²) in [5.74, 6) is -0.933. The Balaban J connectivity index is 2.13. The molecule has 0 radical (unpaired) electrons. The van der Waals surface area contributed by atoms with E-state index in [0.717, 1.165) is 5.56 Å². The first-order valence-corrected chi connectivity index (χ1v) is 10.8. The molecule has 0 aliphatic heterocycles. The van der Waals surface area contributed by atoms with Crippen molar-refractivity contribution >= 4 is 45.5 Å². The maximum atomic E-state index is 13.0. The fraction of sp³-hybridized carbons (Fsp3) is 0.381. The second-order valence-electron chi connectivity index (χ2n) is 6.49. The molecule has 0 unspecified atom stereocenters. The van der Waals surface area contributed by atoms with Crippen LogP contribution >= 0.6 is 23.6 Å². The van der Waals surface area contributed by atoms with Crippen molar-refractivity contribution < 1.29 is 18.7 Å². The first kappa shape index (κ1) is 23.8. The van der Waals surface area contributed by atoms with Gasteiger partial charge in [-0.15, -0.1) is 11.3 Å². The predicted octanol–water partition coefficient (Wildman–Crippen LogP) is 3.99. The number of thiocarbonyl (C=S) groups is 1. The molecule has 0 bridgehead atoms. The Morgan fingerprint density at radius 2 is 1.83 bits per heavy atom. The van der Waals surface area contributed by atoms with Crippen LogP contribution in [-0.2, 0) is 11.2 Å². The normalized spacial score (nSPS) is 10.4. The van der Waals surface area contributed by atoms with Crippen LogP contribution in [-0.4, -0.2) is 48.6 Å². The van der Waals surface area contributed by atoms with Crippen molar-refractivity contribution in [3.8, 4) is 0 Å². The van der Waals surface area contributed by atoms with Gasteiger partial charge in [0.25, 0.3) is 5.91 Å². The van der Waals surface area contributed by atoms with Gasteiger partial charge in [0, 0.05) is 19.6 Å². The molecule has 1 aromatic heterocycles. The highest BCUT2D eigenvalue weighted by Gasteiger charge is 2.27. The highest BCUT2D eigenvalue weighted by Crippen LogP contribution is 2.34. The molecule has 0 aliphatic carbocycles. The van der Waals surface area contributed by atoms with E-state index in [1.807, 2.05) is 13.8 Å². The van der Waals surface area contributed by atoms with E-state index in [1.165, 1.54) is 30.6 Å². The van der Waals surface area contributed by atoms with Gasteiger partial charge in [0.05, 0.1) is 17.6 Å². The molecule has 0 spiro atoms. The lowest BCUT2D eigenvalue weighted by molar-refractivity contribution is 0.0601. The van der Waals surface area contributed by atoms with Crippen molar-refractivity contribution in [3.05, 3.63) is 51.7 Å². The number of nitrogens with one attached hydrogen (secondary N) is 2. The van der Waals surface area contributed by atoms with Gasteiger partial charge in [0.15, 0.2) is 5.11 Å². The van der Waals surface area contributed by atoms with Crippen LogP contribution in [0.2, 0.25) is 0 Å². The zero-order chi connectivity index (χ0) is 22.3. The highest BCUT2D eigenvalue weighted by atomic mass is 32.1. The maximum absolute atomic E-state index is 13.0. The standard InChI is InChI=1S/C21H26FN3O3S2/c1-5-25(6-2)19(26)17-13(3)16(20(27)28-4)18(30-17)24-21(29)23-12-11-14-7-9-15(22)10-8-14/h7-10H,5-6,11-12H2,1-4H3,(H2,23,24,29). The van der Waals surface area contributed by atoms with E-state index in [-0.39, 0.29) is 11.7 Å². The molecular formula is C21H26FN3O3S2. The van der Waals surface area contributed by atoms with E-state index < -0.39 is 5.97 Å². The predicted molar refractivity (Wildman–Crippen MR) is 122 cm³/mol. The lowest BCUT2D eigenvalue weighted by Crippen LogP contribution is -2.30. The monoisotopic (exact) mass is 451 g/mol. The van der Waals surface area contributed by atoms with Crippen LogP contribution < -0.4 is 10.6 Å². The van der Waals surface area contributed by atoms with Crippen LogP contribution in [0.3, 0.4) is 0 Å². The Morgan fingerprint density at radius 3 is 2.40 bits per heavy atom. The van der Waals surface area contributed by atoms with Crippen LogP contribution in [0.4, 0.5) is 9.39 Å². The number of rotatable bonds is 8. The van der Waals surface area contributed by atoms with Gasteiger partial charge in [0.2, 0.25) is 0 Å². The molecule has 6 nitrogen and oxygen atoms in total. The van der Waals surface area contributed by atoms with E-state index >= 15 is 0 Å². The Kier molecular flexibility index (Phi) is 8.73. The van der Waals surface area contributed by atoms with Crippen molar-refractivity contribution in [2.45, 2.75) is 27.2 Å². The Bertz CT molecular complexity index is 909. The lowest BCUT2D eigenvalue weighted by atomic mass is 10.1. The Hall–Kier alpha value is -2.52. The molecular weight excluding hydrogens is 425 g/mol. The molecule has 1 aromatic carbocycles.